The molecule has 1 N–H and O–H groups in total. The summed E-state index contributed by atoms with van der Waals surface area (Å²) in [6.45, 7) is 4.26. The van der Waals surface area contributed by atoms with E-state index in [9.17, 15) is 5.11 Å². The molecule has 24 heavy (non-hydrogen) atoms. The Bertz CT molecular complexity index is 673. The van der Waals surface area contributed by atoms with E-state index >= 15 is 0 Å². The second-order valence-electron chi connectivity index (χ2n) is 7.29. The van der Waals surface area contributed by atoms with Crippen molar-refractivity contribution in [2.45, 2.75) is 57.0 Å². The molecule has 0 bridgehead atoms. The third-order valence-corrected chi connectivity index (χ3v) is 5.18. The summed E-state index contributed by atoms with van der Waals surface area (Å²) in [5.41, 5.74) is 4.73. The molecule has 0 saturated carbocycles. The summed E-state index contributed by atoms with van der Waals surface area (Å²) in [5.74, 6) is 0. The van der Waals surface area contributed by atoms with Crippen molar-refractivity contribution in [2.75, 3.05) is 0 Å². The van der Waals surface area contributed by atoms with Gasteiger partial charge < -0.3 is 5.11 Å². The number of hydrogen-bond donors (Lipinski definition) is 1. The normalized spacial score (nSPS) is 21.5. The Morgan fingerprint density at radius 3 is 2.46 bits per heavy atom. The molecule has 2 aromatic carbocycles. The number of aliphatic hydroxyl groups is 1. The van der Waals surface area contributed by atoms with Crippen LogP contribution < -0.4 is 0 Å². The van der Waals surface area contributed by atoms with Crippen molar-refractivity contribution in [1.29, 1.82) is 0 Å². The average Bonchev–Trinajstić information content (AvgIpc) is 2.62. The van der Waals surface area contributed by atoms with E-state index in [4.69, 9.17) is 0 Å². The van der Waals surface area contributed by atoms with Gasteiger partial charge in [-0.05, 0) is 68.1 Å². The van der Waals surface area contributed by atoms with Crippen LogP contribution in [0.1, 0.15) is 48.8 Å². The van der Waals surface area contributed by atoms with Gasteiger partial charge in [-0.25, -0.2) is 0 Å². The van der Waals surface area contributed by atoms with Gasteiger partial charge in [0.2, 0.25) is 0 Å². The quantitative estimate of drug-likeness (QED) is 0.761. The van der Waals surface area contributed by atoms with Gasteiger partial charge in [0, 0.05) is 0 Å². The zero-order valence-corrected chi connectivity index (χ0v) is 14.5. The molecule has 1 aliphatic carbocycles. The second-order valence-corrected chi connectivity index (χ2v) is 7.29. The highest BCUT2D eigenvalue weighted by Crippen LogP contribution is 2.32. The maximum atomic E-state index is 11.2. The Balaban J connectivity index is 1.62. The first-order valence-corrected chi connectivity index (χ1v) is 9.14. The van der Waals surface area contributed by atoms with Gasteiger partial charge in [0.05, 0.1) is 5.60 Å². The number of aryl methyl sites for hydroxylation is 2. The molecule has 126 valence electrons. The van der Waals surface area contributed by atoms with Gasteiger partial charge in [-0.3, -0.25) is 0 Å². The molecule has 1 atom stereocenters. The summed E-state index contributed by atoms with van der Waals surface area (Å²) in [5, 5.41) is 11.2. The van der Waals surface area contributed by atoms with Crippen molar-refractivity contribution in [3.8, 4) is 0 Å². The van der Waals surface area contributed by atoms with Gasteiger partial charge in [-0.1, -0.05) is 66.7 Å². The van der Waals surface area contributed by atoms with Crippen LogP contribution in [-0.2, 0) is 19.3 Å². The fourth-order valence-electron chi connectivity index (χ4n) is 3.95. The highest BCUT2D eigenvalue weighted by Gasteiger charge is 2.28. The maximum absolute atomic E-state index is 11.2. The molecule has 0 saturated heterocycles. The molecule has 2 aromatic rings. The van der Waals surface area contributed by atoms with Crippen LogP contribution in [0.5, 0.6) is 0 Å². The Kier molecular flexibility index (Phi) is 5.52. The summed E-state index contributed by atoms with van der Waals surface area (Å²) in [6, 6.07) is 19.2. The largest absolute Gasteiger partial charge is 0.390 e. The van der Waals surface area contributed by atoms with E-state index in [0.29, 0.717) is 0 Å². The van der Waals surface area contributed by atoms with Gasteiger partial charge in [-0.2, -0.15) is 0 Å². The topological polar surface area (TPSA) is 20.2 Å². The molecule has 1 unspecified atom stereocenters. The molecule has 0 aromatic heterocycles. The minimum Gasteiger partial charge on any atom is -0.390 e. The van der Waals surface area contributed by atoms with Crippen LogP contribution in [0.2, 0.25) is 0 Å². The lowest BCUT2D eigenvalue weighted by molar-refractivity contribution is 0.0195. The first kappa shape index (κ1) is 17.0. The van der Waals surface area contributed by atoms with Crippen LogP contribution in [0, 0.1) is 0 Å². The summed E-state index contributed by atoms with van der Waals surface area (Å²) in [4.78, 5) is 0. The zero-order chi connectivity index (χ0) is 16.8. The highest BCUT2D eigenvalue weighted by molar-refractivity contribution is 5.31. The maximum Gasteiger partial charge on any atom is 0.0685 e. The van der Waals surface area contributed by atoms with Crippen molar-refractivity contribution in [1.82, 2.24) is 0 Å². The van der Waals surface area contributed by atoms with Crippen molar-refractivity contribution in [2.24, 2.45) is 0 Å². The van der Waals surface area contributed by atoms with E-state index in [0.717, 1.165) is 56.9 Å². The monoisotopic (exact) mass is 320 g/mol. The molecule has 1 heteroatoms. The summed E-state index contributed by atoms with van der Waals surface area (Å²) in [6.07, 6.45) is 7.53. The Morgan fingerprint density at radius 2 is 1.67 bits per heavy atom. The number of hydrogen-bond acceptors (Lipinski definition) is 1. The molecule has 0 radical (unpaired) electrons. The molecule has 1 aliphatic rings. The lowest BCUT2D eigenvalue weighted by Gasteiger charge is -2.29. The second kappa shape index (κ2) is 7.81. The smallest absolute Gasteiger partial charge is 0.0685 e. The molecule has 0 heterocycles. The summed E-state index contributed by atoms with van der Waals surface area (Å²) >= 11 is 0. The van der Waals surface area contributed by atoms with Gasteiger partial charge in [0.25, 0.3) is 0 Å². The van der Waals surface area contributed by atoms with Crippen LogP contribution >= 0.6 is 0 Å². The Labute approximate surface area is 146 Å². The third kappa shape index (κ3) is 4.58. The van der Waals surface area contributed by atoms with Gasteiger partial charge >= 0.3 is 0 Å². The standard InChI is InChI=1S/C23H28O/c1-19-17-22-13-6-5-12-21(22)14-8-16-23(24,18-19)15-7-11-20-9-3-2-4-10-20/h2-6,9-10,12-13,24H,1,7-8,11,14-18H2. The fraction of sp³-hybridized carbons (Fsp3) is 0.391. The number of fused-ring (bicyclic) bond motifs is 1. The molecule has 0 spiro atoms. The molecule has 0 aliphatic heterocycles. The lowest BCUT2D eigenvalue weighted by Crippen LogP contribution is -2.29. The van der Waals surface area contributed by atoms with Crippen molar-refractivity contribution < 1.29 is 5.11 Å². The third-order valence-electron chi connectivity index (χ3n) is 5.18. The number of rotatable bonds is 4. The van der Waals surface area contributed by atoms with Crippen LogP contribution in [0.15, 0.2) is 66.7 Å². The highest BCUT2D eigenvalue weighted by atomic mass is 16.3. The van der Waals surface area contributed by atoms with E-state index in [1.165, 1.54) is 16.7 Å². The number of benzene rings is 2. The van der Waals surface area contributed by atoms with Crippen molar-refractivity contribution in [3.05, 3.63) is 83.4 Å². The van der Waals surface area contributed by atoms with Gasteiger partial charge in [0.15, 0.2) is 0 Å². The molecular formula is C23H28O. The van der Waals surface area contributed by atoms with E-state index in [-0.39, 0.29) is 0 Å². The van der Waals surface area contributed by atoms with Crippen LogP contribution in [0.4, 0.5) is 0 Å². The van der Waals surface area contributed by atoms with E-state index < -0.39 is 5.60 Å². The van der Waals surface area contributed by atoms with Gasteiger partial charge in [0.1, 0.15) is 0 Å². The predicted octanol–water partition coefficient (Wildman–Crippen LogP) is 5.27. The SMILES string of the molecule is C=C1Cc2ccccc2CCCC(O)(CCCc2ccccc2)C1. The average molecular weight is 320 g/mol. The molecule has 0 amide bonds. The zero-order valence-electron chi connectivity index (χ0n) is 14.5. The van der Waals surface area contributed by atoms with E-state index in [1.807, 2.05) is 0 Å². The molecular weight excluding hydrogens is 292 g/mol. The lowest BCUT2D eigenvalue weighted by atomic mass is 9.84. The van der Waals surface area contributed by atoms with Crippen molar-refractivity contribution >= 4 is 0 Å². The summed E-state index contributed by atoms with van der Waals surface area (Å²) < 4.78 is 0. The summed E-state index contributed by atoms with van der Waals surface area (Å²) in [7, 11) is 0. The minimum atomic E-state index is -0.589. The van der Waals surface area contributed by atoms with E-state index in [1.54, 1.807) is 0 Å². The molecule has 0 fully saturated rings. The van der Waals surface area contributed by atoms with Crippen LogP contribution in [0.25, 0.3) is 0 Å². The molecule has 1 nitrogen and oxygen atoms in total. The van der Waals surface area contributed by atoms with Crippen LogP contribution in [0.3, 0.4) is 0 Å². The van der Waals surface area contributed by atoms with Crippen molar-refractivity contribution in [3.63, 3.8) is 0 Å². The van der Waals surface area contributed by atoms with Gasteiger partial charge in [-0.15, -0.1) is 0 Å². The first-order chi connectivity index (χ1) is 11.6. The van der Waals surface area contributed by atoms with Crippen LogP contribution in [-0.4, -0.2) is 10.7 Å². The predicted molar refractivity (Wildman–Crippen MR) is 101 cm³/mol. The fourth-order valence-corrected chi connectivity index (χ4v) is 3.95. The van der Waals surface area contributed by atoms with E-state index in [2.05, 4.69) is 61.2 Å². The molecule has 3 rings (SSSR count). The Hall–Kier alpha value is -1.86. The Morgan fingerprint density at radius 1 is 0.958 bits per heavy atom. The minimum absolute atomic E-state index is 0.589. The first-order valence-electron chi connectivity index (χ1n) is 9.14.